The molecule has 2 aromatic carbocycles. The number of hydrogen-bond acceptors (Lipinski definition) is 1. The molecule has 1 nitrogen and oxygen atoms in total. The van der Waals surface area contributed by atoms with Gasteiger partial charge in [-0.05, 0) is 44.5 Å². The van der Waals surface area contributed by atoms with Crippen molar-refractivity contribution in [3.8, 4) is 0 Å². The number of halogens is 1. The molecule has 0 spiro atoms. The fraction of sp³-hybridized carbons (Fsp3) is 0.200. The maximum atomic E-state index is 5.73. The highest BCUT2D eigenvalue weighted by atomic mass is 35.5. The lowest BCUT2D eigenvalue weighted by molar-refractivity contribution is 1.40. The molecule has 0 fully saturated rings. The molecule has 2 N–H and O–H groups in total. The topological polar surface area (TPSA) is 26.0 Å². The van der Waals surface area contributed by atoms with Gasteiger partial charge in [-0.3, -0.25) is 0 Å². The summed E-state index contributed by atoms with van der Waals surface area (Å²) >= 11 is 5.73. The van der Waals surface area contributed by atoms with E-state index in [1.165, 1.54) is 11.1 Å². The minimum absolute atomic E-state index is 0.761. The van der Waals surface area contributed by atoms with E-state index in [1.54, 1.807) is 12.1 Å². The molecule has 2 rings (SSSR count). The van der Waals surface area contributed by atoms with Crippen LogP contribution in [0.3, 0.4) is 0 Å². The Balaban J connectivity index is 0.000000171. The average molecular weight is 248 g/mol. The summed E-state index contributed by atoms with van der Waals surface area (Å²) in [6.07, 6.45) is 0. The van der Waals surface area contributed by atoms with Crippen molar-refractivity contribution in [3.63, 3.8) is 0 Å². The van der Waals surface area contributed by atoms with Crippen molar-refractivity contribution in [2.24, 2.45) is 0 Å². The maximum absolute atomic E-state index is 5.73. The summed E-state index contributed by atoms with van der Waals surface area (Å²) in [6, 6.07) is 13.9. The van der Waals surface area contributed by atoms with Gasteiger partial charge in [-0.15, -0.1) is 0 Å². The lowest BCUT2D eigenvalue weighted by atomic mass is 10.2. The largest absolute Gasteiger partial charge is 0.399 e. The molecule has 0 atom stereocenters. The Bertz CT molecular complexity index is 454. The number of rotatable bonds is 0. The number of nitrogens with two attached hydrogens (primary N) is 1. The normalized spacial score (nSPS) is 9.41. The standard InChI is InChI=1S/C8H10.C7H8ClN/c1-7-3-5-8(2)6-4-7;1-5-4-6(9)2-3-7(5)8/h3-6H,1-2H3;2-4H,9H2,1H3. The van der Waals surface area contributed by atoms with E-state index < -0.39 is 0 Å². The zero-order valence-electron chi connectivity index (χ0n) is 10.5. The van der Waals surface area contributed by atoms with E-state index in [-0.39, 0.29) is 0 Å². The van der Waals surface area contributed by atoms with Crippen LogP contribution in [0.15, 0.2) is 42.5 Å². The first kappa shape index (κ1) is 13.6. The summed E-state index contributed by atoms with van der Waals surface area (Å²) in [7, 11) is 0. The molecular weight excluding hydrogens is 230 g/mol. The molecule has 0 unspecified atom stereocenters. The van der Waals surface area contributed by atoms with Crippen LogP contribution in [-0.2, 0) is 0 Å². The second-order valence-electron chi connectivity index (χ2n) is 4.16. The van der Waals surface area contributed by atoms with Crippen LogP contribution in [0.25, 0.3) is 0 Å². The molecule has 0 amide bonds. The highest BCUT2D eigenvalue weighted by Crippen LogP contribution is 2.16. The molecule has 90 valence electrons. The van der Waals surface area contributed by atoms with Gasteiger partial charge in [0.2, 0.25) is 0 Å². The van der Waals surface area contributed by atoms with E-state index in [0.29, 0.717) is 0 Å². The summed E-state index contributed by atoms with van der Waals surface area (Å²) in [5.74, 6) is 0. The molecule has 0 bridgehead atoms. The van der Waals surface area contributed by atoms with Crippen LogP contribution in [0.1, 0.15) is 16.7 Å². The van der Waals surface area contributed by atoms with E-state index >= 15 is 0 Å². The van der Waals surface area contributed by atoms with Gasteiger partial charge in [-0.2, -0.15) is 0 Å². The maximum Gasteiger partial charge on any atom is 0.0436 e. The van der Waals surface area contributed by atoms with Crippen LogP contribution in [0, 0.1) is 20.8 Å². The lowest BCUT2D eigenvalue weighted by Gasteiger charge is -1.96. The van der Waals surface area contributed by atoms with Crippen LogP contribution >= 0.6 is 11.6 Å². The van der Waals surface area contributed by atoms with E-state index in [2.05, 4.69) is 38.1 Å². The predicted octanol–water partition coefficient (Wildman–Crippen LogP) is 4.53. The Morgan fingerprint density at radius 1 is 0.824 bits per heavy atom. The van der Waals surface area contributed by atoms with Gasteiger partial charge in [0.25, 0.3) is 0 Å². The molecule has 0 aliphatic rings. The van der Waals surface area contributed by atoms with Crippen LogP contribution < -0.4 is 5.73 Å². The Kier molecular flexibility index (Phi) is 5.05. The van der Waals surface area contributed by atoms with Gasteiger partial charge in [0.1, 0.15) is 0 Å². The van der Waals surface area contributed by atoms with Gasteiger partial charge in [-0.1, -0.05) is 47.0 Å². The van der Waals surface area contributed by atoms with Crippen LogP contribution in [0.4, 0.5) is 5.69 Å². The number of aryl methyl sites for hydroxylation is 3. The van der Waals surface area contributed by atoms with Gasteiger partial charge in [0.15, 0.2) is 0 Å². The molecule has 2 heteroatoms. The van der Waals surface area contributed by atoms with Gasteiger partial charge >= 0.3 is 0 Å². The number of hydrogen-bond donors (Lipinski definition) is 1. The number of nitrogen functional groups attached to an aromatic ring is 1. The number of benzene rings is 2. The molecule has 0 heterocycles. The Morgan fingerprint density at radius 2 is 1.29 bits per heavy atom. The van der Waals surface area contributed by atoms with Crippen LogP contribution in [0.2, 0.25) is 5.02 Å². The molecule has 0 radical (unpaired) electrons. The van der Waals surface area contributed by atoms with Crippen molar-refractivity contribution in [1.82, 2.24) is 0 Å². The van der Waals surface area contributed by atoms with E-state index in [9.17, 15) is 0 Å². The van der Waals surface area contributed by atoms with Gasteiger partial charge in [0, 0.05) is 10.7 Å². The van der Waals surface area contributed by atoms with Crippen molar-refractivity contribution in [3.05, 3.63) is 64.2 Å². The van der Waals surface area contributed by atoms with E-state index in [0.717, 1.165) is 16.3 Å². The van der Waals surface area contributed by atoms with Crippen LogP contribution in [0.5, 0.6) is 0 Å². The number of anilines is 1. The third kappa shape index (κ3) is 4.92. The van der Waals surface area contributed by atoms with Crippen molar-refractivity contribution in [1.29, 1.82) is 0 Å². The smallest absolute Gasteiger partial charge is 0.0436 e. The van der Waals surface area contributed by atoms with E-state index in [4.69, 9.17) is 17.3 Å². The zero-order chi connectivity index (χ0) is 12.8. The van der Waals surface area contributed by atoms with Gasteiger partial charge in [0.05, 0.1) is 0 Å². The second-order valence-corrected chi connectivity index (χ2v) is 4.57. The fourth-order valence-corrected chi connectivity index (χ4v) is 1.42. The van der Waals surface area contributed by atoms with Crippen molar-refractivity contribution in [2.45, 2.75) is 20.8 Å². The molecule has 17 heavy (non-hydrogen) atoms. The summed E-state index contributed by atoms with van der Waals surface area (Å²) in [6.45, 7) is 6.12. The third-order valence-electron chi connectivity index (χ3n) is 2.40. The van der Waals surface area contributed by atoms with Gasteiger partial charge < -0.3 is 5.73 Å². The first-order chi connectivity index (χ1) is 7.99. The van der Waals surface area contributed by atoms with Crippen molar-refractivity contribution >= 4 is 17.3 Å². The quantitative estimate of drug-likeness (QED) is 0.680. The summed E-state index contributed by atoms with van der Waals surface area (Å²) < 4.78 is 0. The Hall–Kier alpha value is -1.47. The molecule has 0 saturated heterocycles. The molecular formula is C15H18ClN. The predicted molar refractivity (Wildman–Crippen MR) is 76.5 cm³/mol. The van der Waals surface area contributed by atoms with E-state index in [1.807, 2.05) is 13.0 Å². The fourth-order valence-electron chi connectivity index (χ4n) is 1.30. The molecule has 0 aliphatic heterocycles. The summed E-state index contributed by atoms with van der Waals surface area (Å²) in [5, 5.41) is 0.768. The minimum Gasteiger partial charge on any atom is -0.399 e. The molecule has 0 saturated carbocycles. The third-order valence-corrected chi connectivity index (χ3v) is 2.82. The highest BCUT2D eigenvalue weighted by Gasteiger charge is 1.91. The zero-order valence-corrected chi connectivity index (χ0v) is 11.3. The molecule has 0 aliphatic carbocycles. The summed E-state index contributed by atoms with van der Waals surface area (Å²) in [4.78, 5) is 0. The summed E-state index contributed by atoms with van der Waals surface area (Å²) in [5.41, 5.74) is 9.91. The van der Waals surface area contributed by atoms with Gasteiger partial charge in [-0.25, -0.2) is 0 Å². The average Bonchev–Trinajstić information content (AvgIpc) is 2.29. The molecule has 2 aromatic rings. The molecule has 0 aromatic heterocycles. The highest BCUT2D eigenvalue weighted by molar-refractivity contribution is 6.31. The van der Waals surface area contributed by atoms with Crippen molar-refractivity contribution in [2.75, 3.05) is 5.73 Å². The first-order valence-corrected chi connectivity index (χ1v) is 5.92. The first-order valence-electron chi connectivity index (χ1n) is 5.54. The van der Waals surface area contributed by atoms with Crippen molar-refractivity contribution < 1.29 is 0 Å². The Morgan fingerprint density at radius 3 is 1.65 bits per heavy atom. The lowest BCUT2D eigenvalue weighted by Crippen LogP contribution is -1.84. The second kappa shape index (κ2) is 6.31. The minimum atomic E-state index is 0.761. The Labute approximate surface area is 108 Å². The monoisotopic (exact) mass is 247 g/mol. The van der Waals surface area contributed by atoms with Crippen LogP contribution in [-0.4, -0.2) is 0 Å². The SMILES string of the molecule is Cc1cc(N)ccc1Cl.Cc1ccc(C)cc1.